The van der Waals surface area contributed by atoms with Crippen LogP contribution < -0.4 is 4.74 Å². The lowest BCUT2D eigenvalue weighted by atomic mass is 9.89. The Bertz CT molecular complexity index is 1200. The number of carboxylic acids is 3. The number of imidazole rings is 1. The molecule has 0 unspecified atom stereocenters. The second-order valence-electron chi connectivity index (χ2n) is 9.58. The minimum absolute atomic E-state index is 0.0778. The van der Waals surface area contributed by atoms with Crippen molar-refractivity contribution in [2.75, 3.05) is 26.3 Å². The molecule has 1 aliphatic heterocycles. The normalized spacial score (nSPS) is 19.8. The van der Waals surface area contributed by atoms with E-state index in [4.69, 9.17) is 39.2 Å². The molecule has 46 heavy (non-hydrogen) atoms. The quantitative estimate of drug-likeness (QED) is 0.388. The number of hydrogen-bond donors (Lipinski definition) is 3. The second-order valence-corrected chi connectivity index (χ2v) is 9.58. The molecular formula is C25H29F9N4O8. The molecule has 21 heteroatoms. The van der Waals surface area contributed by atoms with Gasteiger partial charge in [0.15, 0.2) is 0 Å². The van der Waals surface area contributed by atoms with Gasteiger partial charge in [-0.05, 0) is 31.4 Å². The first-order valence-electron chi connectivity index (χ1n) is 12.8. The second kappa shape index (κ2) is 17.0. The number of aryl methyl sites for hydroxylation is 1. The third-order valence-electron chi connectivity index (χ3n) is 6.28. The van der Waals surface area contributed by atoms with E-state index in [-0.39, 0.29) is 5.60 Å². The van der Waals surface area contributed by atoms with E-state index in [1.54, 1.807) is 12.4 Å². The van der Waals surface area contributed by atoms with Crippen LogP contribution in [0.1, 0.15) is 25.1 Å². The van der Waals surface area contributed by atoms with E-state index in [0.29, 0.717) is 12.5 Å². The van der Waals surface area contributed by atoms with Gasteiger partial charge in [-0.2, -0.15) is 39.5 Å². The summed E-state index contributed by atoms with van der Waals surface area (Å²) in [4.78, 5) is 37.8. The molecule has 0 radical (unpaired) electrons. The van der Waals surface area contributed by atoms with Crippen LogP contribution in [0.5, 0.6) is 5.75 Å². The van der Waals surface area contributed by atoms with Gasteiger partial charge in [0, 0.05) is 44.6 Å². The number of hydrogen-bond acceptors (Lipinski definition) is 8. The van der Waals surface area contributed by atoms with Gasteiger partial charge in [0.25, 0.3) is 0 Å². The average Bonchev–Trinajstić information content (AvgIpc) is 3.52. The standard InChI is InChI=1S/C19H26N4O2.3C2HF3O2/c1-22-9-8-21-18(22)13-23-10-11-25-19(15-23)6-2-4-16(19)14-24-17-5-3-7-20-12-17;3*3-2(4,5)1(6)7/h3,5,7-9,12,16H,2,4,6,10-11,13-15H2,1H3;3*(H,6,7)/t16-,19-;;;/m1.../s1. The molecule has 3 N–H and O–H groups in total. The molecule has 4 rings (SSSR count). The maximum Gasteiger partial charge on any atom is 0.490 e. The molecule has 0 amide bonds. The topological polar surface area (TPSA) is 164 Å². The van der Waals surface area contributed by atoms with Crippen LogP contribution in [0.25, 0.3) is 0 Å². The summed E-state index contributed by atoms with van der Waals surface area (Å²) in [5, 5.41) is 21.4. The Hall–Kier alpha value is -4.14. The molecule has 1 saturated carbocycles. The van der Waals surface area contributed by atoms with Crippen LogP contribution in [-0.4, -0.2) is 103 Å². The monoisotopic (exact) mass is 684 g/mol. The van der Waals surface area contributed by atoms with E-state index in [2.05, 4.69) is 26.5 Å². The highest BCUT2D eigenvalue weighted by Gasteiger charge is 2.47. The average molecular weight is 685 g/mol. The summed E-state index contributed by atoms with van der Waals surface area (Å²) in [6.45, 7) is 4.28. The van der Waals surface area contributed by atoms with Crippen molar-refractivity contribution in [2.24, 2.45) is 13.0 Å². The number of ether oxygens (including phenoxy) is 2. The van der Waals surface area contributed by atoms with Gasteiger partial charge < -0.3 is 29.4 Å². The van der Waals surface area contributed by atoms with Gasteiger partial charge in [0.2, 0.25) is 0 Å². The number of aromatic nitrogens is 3. The van der Waals surface area contributed by atoms with Crippen molar-refractivity contribution in [3.8, 4) is 5.75 Å². The Labute approximate surface area is 254 Å². The van der Waals surface area contributed by atoms with Crippen molar-refractivity contribution in [1.29, 1.82) is 0 Å². The summed E-state index contributed by atoms with van der Waals surface area (Å²) in [5.41, 5.74) is -0.0778. The number of halogens is 9. The van der Waals surface area contributed by atoms with Crippen molar-refractivity contribution >= 4 is 17.9 Å². The lowest BCUT2D eigenvalue weighted by Gasteiger charge is -2.44. The zero-order chi connectivity index (χ0) is 35.3. The number of nitrogens with zero attached hydrogens (tertiary/aromatic N) is 4. The lowest BCUT2D eigenvalue weighted by molar-refractivity contribution is -0.193. The predicted molar refractivity (Wildman–Crippen MR) is 135 cm³/mol. The highest BCUT2D eigenvalue weighted by molar-refractivity contribution is 5.73. The summed E-state index contributed by atoms with van der Waals surface area (Å²) < 4.78 is 110. The first-order valence-corrected chi connectivity index (χ1v) is 12.8. The molecule has 2 aromatic rings. The van der Waals surface area contributed by atoms with Crippen LogP contribution in [0.3, 0.4) is 0 Å². The molecule has 1 aliphatic carbocycles. The number of pyridine rings is 1. The van der Waals surface area contributed by atoms with E-state index >= 15 is 0 Å². The maximum absolute atomic E-state index is 10.6. The summed E-state index contributed by atoms with van der Waals surface area (Å²) in [5.74, 6) is -5.90. The molecule has 260 valence electrons. The molecule has 1 spiro atoms. The fraction of sp³-hybridized carbons (Fsp3) is 0.560. The van der Waals surface area contributed by atoms with Gasteiger partial charge >= 0.3 is 36.4 Å². The van der Waals surface area contributed by atoms with Crippen LogP contribution in [0.4, 0.5) is 39.5 Å². The Morgan fingerprint density at radius 1 is 0.978 bits per heavy atom. The minimum atomic E-state index is -5.08. The smallest absolute Gasteiger partial charge is 0.490 e. The minimum Gasteiger partial charge on any atom is -0.492 e. The van der Waals surface area contributed by atoms with E-state index in [0.717, 1.165) is 50.7 Å². The summed E-state index contributed by atoms with van der Waals surface area (Å²) in [6, 6.07) is 3.87. The van der Waals surface area contributed by atoms with Crippen LogP contribution >= 0.6 is 0 Å². The highest BCUT2D eigenvalue weighted by Crippen LogP contribution is 2.41. The van der Waals surface area contributed by atoms with Crippen molar-refractivity contribution in [1.82, 2.24) is 19.4 Å². The van der Waals surface area contributed by atoms with Crippen molar-refractivity contribution in [3.05, 3.63) is 42.7 Å². The lowest BCUT2D eigenvalue weighted by Crippen LogP contribution is -2.54. The molecule has 3 heterocycles. The van der Waals surface area contributed by atoms with Gasteiger partial charge in [0.1, 0.15) is 11.6 Å². The fourth-order valence-corrected chi connectivity index (χ4v) is 4.14. The van der Waals surface area contributed by atoms with E-state index in [9.17, 15) is 39.5 Å². The summed E-state index contributed by atoms with van der Waals surface area (Å²) in [7, 11) is 2.05. The summed E-state index contributed by atoms with van der Waals surface area (Å²) in [6.07, 6.45) is -4.35. The van der Waals surface area contributed by atoms with Gasteiger partial charge in [-0.15, -0.1) is 0 Å². The van der Waals surface area contributed by atoms with Crippen LogP contribution in [-0.2, 0) is 32.7 Å². The first-order chi connectivity index (χ1) is 21.1. The van der Waals surface area contributed by atoms with E-state index in [1.165, 1.54) is 6.42 Å². The van der Waals surface area contributed by atoms with Crippen molar-refractivity contribution in [3.63, 3.8) is 0 Å². The van der Waals surface area contributed by atoms with E-state index in [1.807, 2.05) is 24.5 Å². The molecule has 1 saturated heterocycles. The van der Waals surface area contributed by atoms with Gasteiger partial charge in [-0.1, -0.05) is 0 Å². The SMILES string of the molecule is Cn1ccnc1CN1CCO[C@]2(CCC[C@@H]2COc2cccnc2)C1.O=C(O)C(F)(F)F.O=C(O)C(F)(F)F.O=C(O)C(F)(F)F. The number of aliphatic carboxylic acids is 3. The Morgan fingerprint density at radius 3 is 1.96 bits per heavy atom. The molecule has 2 aliphatic rings. The zero-order valence-electron chi connectivity index (χ0n) is 23.8. The third-order valence-corrected chi connectivity index (χ3v) is 6.28. The number of rotatable bonds is 5. The molecule has 0 aromatic carbocycles. The number of carboxylic acid groups (broad SMARTS) is 3. The molecule has 12 nitrogen and oxygen atoms in total. The number of carbonyl (C=O) groups is 3. The predicted octanol–water partition coefficient (Wildman–Crippen LogP) is 4.17. The molecule has 2 fully saturated rings. The Morgan fingerprint density at radius 2 is 1.52 bits per heavy atom. The van der Waals surface area contributed by atoms with Gasteiger partial charge in [-0.3, -0.25) is 9.88 Å². The number of morpholine rings is 1. The molecule has 2 atom stereocenters. The van der Waals surface area contributed by atoms with Crippen molar-refractivity contribution < 1.29 is 78.7 Å². The highest BCUT2D eigenvalue weighted by atomic mass is 19.4. The zero-order valence-corrected chi connectivity index (χ0v) is 23.8. The molecule has 0 bridgehead atoms. The molecule has 2 aromatic heterocycles. The maximum atomic E-state index is 10.6. The van der Waals surface area contributed by atoms with Gasteiger partial charge in [0.05, 0.1) is 31.6 Å². The Kier molecular flexibility index (Phi) is 14.7. The Balaban J connectivity index is 0.000000413. The van der Waals surface area contributed by atoms with Crippen LogP contribution in [0.15, 0.2) is 36.9 Å². The van der Waals surface area contributed by atoms with Gasteiger partial charge in [-0.25, -0.2) is 19.4 Å². The van der Waals surface area contributed by atoms with Crippen LogP contribution in [0, 0.1) is 5.92 Å². The van der Waals surface area contributed by atoms with E-state index < -0.39 is 36.4 Å². The fourth-order valence-electron chi connectivity index (χ4n) is 4.14. The first kappa shape index (κ1) is 39.9. The van der Waals surface area contributed by atoms with Crippen molar-refractivity contribution in [2.45, 2.75) is 49.9 Å². The third kappa shape index (κ3) is 13.9. The molecular weight excluding hydrogens is 655 g/mol. The van der Waals surface area contributed by atoms with Crippen LogP contribution in [0.2, 0.25) is 0 Å². The largest absolute Gasteiger partial charge is 0.492 e. The summed E-state index contributed by atoms with van der Waals surface area (Å²) >= 11 is 0. The number of alkyl halides is 9.